The molecule has 3 aromatic heterocycles. The number of hydrogen-bond acceptors (Lipinski definition) is 7. The zero-order chi connectivity index (χ0) is 24.7. The Hall–Kier alpha value is -4.22. The summed E-state index contributed by atoms with van der Waals surface area (Å²) in [6.45, 7) is -0.0337. The average Bonchev–Trinajstić information content (AvgIpc) is 3.23. The molecule has 1 aliphatic rings. The van der Waals surface area contributed by atoms with Gasteiger partial charge < -0.3 is 14.5 Å². The Balaban J connectivity index is 1.51. The van der Waals surface area contributed by atoms with Crippen molar-refractivity contribution in [1.29, 1.82) is 0 Å². The predicted octanol–water partition coefficient (Wildman–Crippen LogP) is 3.76. The Kier molecular flexibility index (Phi) is 5.50. The number of nitrogens with zero attached hydrogens (tertiary/aromatic N) is 6. The molecule has 180 valence electrons. The maximum atomic E-state index is 14.6. The van der Waals surface area contributed by atoms with E-state index in [9.17, 15) is 23.1 Å². The number of carboxylic acids is 1. The number of aliphatic carboxylic acids is 1. The fourth-order valence-corrected chi connectivity index (χ4v) is 3.90. The lowest BCUT2D eigenvalue weighted by molar-refractivity contribution is -0.142. The smallest absolute Gasteiger partial charge is 0.311 e. The first-order valence-electron chi connectivity index (χ1n) is 10.7. The van der Waals surface area contributed by atoms with Crippen molar-refractivity contribution >= 4 is 11.8 Å². The Bertz CT molecular complexity index is 1400. The fraction of sp³-hybridized carbons (Fsp3) is 0.261. The summed E-state index contributed by atoms with van der Waals surface area (Å²) in [5.74, 6) is -3.63. The van der Waals surface area contributed by atoms with Crippen molar-refractivity contribution in [3.63, 3.8) is 0 Å². The summed E-state index contributed by atoms with van der Waals surface area (Å²) in [6, 6.07) is 7.00. The minimum Gasteiger partial charge on any atom is -0.481 e. The number of aromatic nitrogens is 5. The summed E-state index contributed by atoms with van der Waals surface area (Å²) in [7, 11) is 1.56. The number of carbonyl (C=O) groups is 1. The number of benzene rings is 1. The minimum atomic E-state index is -0.995. The van der Waals surface area contributed by atoms with Crippen LogP contribution >= 0.6 is 0 Å². The molecule has 1 aromatic carbocycles. The Morgan fingerprint density at radius 1 is 1.20 bits per heavy atom. The molecule has 0 atom stereocenters. The van der Waals surface area contributed by atoms with Crippen LogP contribution in [0, 0.1) is 22.9 Å². The molecule has 1 saturated carbocycles. The molecule has 3 heterocycles. The van der Waals surface area contributed by atoms with Crippen LogP contribution in [0.4, 0.5) is 19.0 Å². The monoisotopic (exact) mass is 484 g/mol. The number of halogens is 3. The van der Waals surface area contributed by atoms with Gasteiger partial charge in [0.2, 0.25) is 0 Å². The van der Waals surface area contributed by atoms with E-state index in [0.717, 1.165) is 12.3 Å². The maximum absolute atomic E-state index is 14.6. The summed E-state index contributed by atoms with van der Waals surface area (Å²) in [6.07, 6.45) is 3.35. The standard InChI is InChI=1S/C23H19F3N6O3/c1-31(12-23(6-7-23)22(33)34)21-15(25)10-27-20(28-21)17-9-18(16-5-8-35-30-16)32(29-17)11-13-3-2-4-14(24)19(13)26/h2-5,8-10H,6-7,11-12H2,1H3,(H,33,34). The van der Waals surface area contributed by atoms with Crippen LogP contribution in [-0.2, 0) is 11.3 Å². The van der Waals surface area contributed by atoms with Crippen molar-refractivity contribution in [3.05, 3.63) is 65.8 Å². The number of anilines is 1. The molecule has 0 unspecified atom stereocenters. The molecule has 0 bridgehead atoms. The van der Waals surface area contributed by atoms with E-state index in [1.54, 1.807) is 19.2 Å². The van der Waals surface area contributed by atoms with E-state index in [2.05, 4.69) is 20.2 Å². The molecule has 0 spiro atoms. The summed E-state index contributed by atoms with van der Waals surface area (Å²) >= 11 is 0. The van der Waals surface area contributed by atoms with Crippen molar-refractivity contribution in [3.8, 4) is 22.9 Å². The first-order chi connectivity index (χ1) is 16.8. The first-order valence-corrected chi connectivity index (χ1v) is 10.7. The van der Waals surface area contributed by atoms with Crippen LogP contribution in [0.1, 0.15) is 18.4 Å². The second-order valence-corrected chi connectivity index (χ2v) is 8.48. The van der Waals surface area contributed by atoms with E-state index in [-0.39, 0.29) is 36.0 Å². The molecule has 0 aliphatic heterocycles. The number of hydrogen-bond donors (Lipinski definition) is 1. The highest BCUT2D eigenvalue weighted by Gasteiger charge is 2.51. The van der Waals surface area contributed by atoms with Gasteiger partial charge >= 0.3 is 5.97 Å². The van der Waals surface area contributed by atoms with Crippen LogP contribution < -0.4 is 4.90 Å². The van der Waals surface area contributed by atoms with E-state index in [1.165, 1.54) is 28.0 Å². The first kappa shape index (κ1) is 22.6. The van der Waals surface area contributed by atoms with Crippen LogP contribution in [0.25, 0.3) is 22.9 Å². The summed E-state index contributed by atoms with van der Waals surface area (Å²) < 4.78 is 48.9. The van der Waals surface area contributed by atoms with Gasteiger partial charge in [-0.05, 0) is 25.0 Å². The highest BCUT2D eigenvalue weighted by Crippen LogP contribution is 2.46. The zero-order valence-corrected chi connectivity index (χ0v) is 18.5. The molecular formula is C23H19F3N6O3. The van der Waals surface area contributed by atoms with E-state index >= 15 is 0 Å². The Morgan fingerprint density at radius 3 is 2.69 bits per heavy atom. The molecule has 4 aromatic rings. The highest BCUT2D eigenvalue weighted by atomic mass is 19.2. The normalized spacial score (nSPS) is 14.2. The molecule has 1 aliphatic carbocycles. The van der Waals surface area contributed by atoms with Gasteiger partial charge in [0, 0.05) is 25.2 Å². The van der Waals surface area contributed by atoms with Crippen LogP contribution in [-0.4, -0.2) is 49.6 Å². The SMILES string of the molecule is CN(CC1(C(=O)O)CC1)c1nc(-c2cc(-c3ccon3)n(Cc3cccc(F)c3F)n2)ncc1F. The number of carboxylic acid groups (broad SMARTS) is 1. The predicted molar refractivity (Wildman–Crippen MR) is 117 cm³/mol. The van der Waals surface area contributed by atoms with Gasteiger partial charge in [-0.15, -0.1) is 0 Å². The molecule has 0 saturated heterocycles. The molecule has 1 fully saturated rings. The van der Waals surface area contributed by atoms with Gasteiger partial charge in [0.25, 0.3) is 0 Å². The lowest BCUT2D eigenvalue weighted by atomic mass is 10.1. The Labute approximate surface area is 196 Å². The maximum Gasteiger partial charge on any atom is 0.311 e. The lowest BCUT2D eigenvalue weighted by Crippen LogP contribution is -2.33. The van der Waals surface area contributed by atoms with Crippen molar-refractivity contribution in [1.82, 2.24) is 24.9 Å². The summed E-state index contributed by atoms with van der Waals surface area (Å²) in [5.41, 5.74) is 0.186. The van der Waals surface area contributed by atoms with Gasteiger partial charge in [-0.1, -0.05) is 17.3 Å². The molecule has 0 amide bonds. The molecule has 12 heteroatoms. The largest absolute Gasteiger partial charge is 0.481 e. The summed E-state index contributed by atoms with van der Waals surface area (Å²) in [5, 5.41) is 17.8. The molecule has 0 radical (unpaired) electrons. The highest BCUT2D eigenvalue weighted by molar-refractivity contribution is 5.78. The van der Waals surface area contributed by atoms with E-state index in [4.69, 9.17) is 4.52 Å². The van der Waals surface area contributed by atoms with Gasteiger partial charge in [0.1, 0.15) is 17.7 Å². The third-order valence-corrected chi connectivity index (χ3v) is 6.00. The topological polar surface area (TPSA) is 110 Å². The van der Waals surface area contributed by atoms with Crippen LogP contribution in [0.3, 0.4) is 0 Å². The molecular weight excluding hydrogens is 465 g/mol. The minimum absolute atomic E-state index is 0.0632. The van der Waals surface area contributed by atoms with Crippen LogP contribution in [0.2, 0.25) is 0 Å². The van der Waals surface area contributed by atoms with Gasteiger partial charge in [0.05, 0.1) is 23.9 Å². The van der Waals surface area contributed by atoms with E-state index < -0.39 is 28.8 Å². The van der Waals surface area contributed by atoms with Gasteiger partial charge in [-0.2, -0.15) is 5.10 Å². The second kappa shape index (κ2) is 8.53. The third kappa shape index (κ3) is 4.22. The molecule has 5 rings (SSSR count). The van der Waals surface area contributed by atoms with Gasteiger partial charge in [0.15, 0.2) is 29.1 Å². The van der Waals surface area contributed by atoms with E-state index in [0.29, 0.717) is 24.2 Å². The lowest BCUT2D eigenvalue weighted by Gasteiger charge is -2.22. The number of rotatable bonds is 8. The van der Waals surface area contributed by atoms with Crippen LogP contribution in [0.5, 0.6) is 0 Å². The average molecular weight is 484 g/mol. The van der Waals surface area contributed by atoms with Crippen molar-refractivity contribution in [2.45, 2.75) is 19.4 Å². The molecule has 35 heavy (non-hydrogen) atoms. The van der Waals surface area contributed by atoms with Gasteiger partial charge in [-0.25, -0.2) is 23.1 Å². The Morgan fingerprint density at radius 2 is 2.00 bits per heavy atom. The zero-order valence-electron chi connectivity index (χ0n) is 18.5. The van der Waals surface area contributed by atoms with Crippen LogP contribution in [0.15, 0.2) is 47.3 Å². The second-order valence-electron chi connectivity index (χ2n) is 8.48. The molecule has 1 N–H and O–H groups in total. The van der Waals surface area contributed by atoms with E-state index in [1.807, 2.05) is 0 Å². The quantitative estimate of drug-likeness (QED) is 0.403. The van der Waals surface area contributed by atoms with Crippen molar-refractivity contribution in [2.75, 3.05) is 18.5 Å². The van der Waals surface area contributed by atoms with Gasteiger partial charge in [-0.3, -0.25) is 9.48 Å². The molecule has 9 nitrogen and oxygen atoms in total. The van der Waals surface area contributed by atoms with Crippen molar-refractivity contribution in [2.24, 2.45) is 5.41 Å². The van der Waals surface area contributed by atoms with Crippen molar-refractivity contribution < 1.29 is 27.6 Å². The summed E-state index contributed by atoms with van der Waals surface area (Å²) in [4.78, 5) is 21.3. The fourth-order valence-electron chi connectivity index (χ4n) is 3.90. The third-order valence-electron chi connectivity index (χ3n) is 6.00.